The molecule has 0 radical (unpaired) electrons. The highest BCUT2D eigenvalue weighted by molar-refractivity contribution is 8.14. The van der Waals surface area contributed by atoms with Crippen LogP contribution in [0.4, 0.5) is 0 Å². The van der Waals surface area contributed by atoms with Crippen LogP contribution in [0, 0.1) is 0 Å². The van der Waals surface area contributed by atoms with E-state index in [1.807, 2.05) is 0 Å². The summed E-state index contributed by atoms with van der Waals surface area (Å²) in [5.74, 6) is 1.20. The summed E-state index contributed by atoms with van der Waals surface area (Å²) in [6.45, 7) is 5.82. The van der Waals surface area contributed by atoms with E-state index in [2.05, 4.69) is 6.58 Å². The second-order valence-corrected chi connectivity index (χ2v) is 5.22. The average molecular weight is 291 g/mol. The molecule has 0 aromatic heterocycles. The largest absolute Gasteiger partial charge is 0.498 e. The Labute approximate surface area is 115 Å². The van der Waals surface area contributed by atoms with Gasteiger partial charge in [-0.25, -0.2) is 0 Å². The number of carbonyl (C=O) groups excluding carboxylic acids is 1. The van der Waals surface area contributed by atoms with Gasteiger partial charge in [0.2, 0.25) is 5.12 Å². The first-order valence-electron chi connectivity index (χ1n) is 4.91. The summed E-state index contributed by atoms with van der Waals surface area (Å²) in [6.07, 6.45) is 0. The molecular weight excluding hydrogens is 279 g/mol. The smallest absolute Gasteiger partial charge is 0.220 e. The van der Waals surface area contributed by atoms with Gasteiger partial charge in [-0.15, -0.1) is 0 Å². The van der Waals surface area contributed by atoms with E-state index in [1.54, 1.807) is 25.1 Å². The first-order valence-corrected chi connectivity index (χ1v) is 6.65. The van der Waals surface area contributed by atoms with E-state index in [4.69, 9.17) is 27.9 Å². The third-order valence-corrected chi connectivity index (χ3v) is 3.22. The van der Waals surface area contributed by atoms with E-state index in [0.29, 0.717) is 33.7 Å². The highest BCUT2D eigenvalue weighted by atomic mass is 35.5. The standard InChI is InChI=1S/C12H12Cl2O2S/c1-8(2)16-5-6-17-12(15)10-4-3-9(13)7-11(10)14/h3-4,7H,1,5-6H2,2H3. The maximum atomic E-state index is 11.8. The van der Waals surface area contributed by atoms with E-state index in [-0.39, 0.29) is 5.12 Å². The van der Waals surface area contributed by atoms with Crippen molar-refractivity contribution in [1.82, 2.24) is 0 Å². The zero-order chi connectivity index (χ0) is 12.8. The van der Waals surface area contributed by atoms with Gasteiger partial charge in [-0.2, -0.15) is 0 Å². The van der Waals surface area contributed by atoms with Crippen molar-refractivity contribution >= 4 is 40.1 Å². The monoisotopic (exact) mass is 290 g/mol. The van der Waals surface area contributed by atoms with Crippen molar-refractivity contribution in [1.29, 1.82) is 0 Å². The number of thioether (sulfide) groups is 1. The highest BCUT2D eigenvalue weighted by Gasteiger charge is 2.11. The molecule has 0 aliphatic carbocycles. The second-order valence-electron chi connectivity index (χ2n) is 3.31. The Balaban J connectivity index is 2.50. The van der Waals surface area contributed by atoms with Gasteiger partial charge < -0.3 is 4.74 Å². The summed E-state index contributed by atoms with van der Waals surface area (Å²) in [5.41, 5.74) is 0.469. The normalized spacial score (nSPS) is 10.1. The summed E-state index contributed by atoms with van der Waals surface area (Å²) in [4.78, 5) is 11.8. The quantitative estimate of drug-likeness (QED) is 0.593. The third kappa shape index (κ3) is 5.02. The Morgan fingerprint density at radius 3 is 2.76 bits per heavy atom. The molecule has 0 atom stereocenters. The van der Waals surface area contributed by atoms with Crippen LogP contribution in [0.2, 0.25) is 10.0 Å². The molecule has 1 rings (SSSR count). The molecule has 0 spiro atoms. The minimum atomic E-state index is -0.0861. The molecule has 0 aliphatic heterocycles. The van der Waals surface area contributed by atoms with Crippen molar-refractivity contribution in [3.63, 3.8) is 0 Å². The first-order chi connectivity index (χ1) is 8.00. The molecular formula is C12H12Cl2O2S. The van der Waals surface area contributed by atoms with Crippen LogP contribution in [0.1, 0.15) is 17.3 Å². The molecule has 0 N–H and O–H groups in total. The number of hydrogen-bond donors (Lipinski definition) is 0. The van der Waals surface area contributed by atoms with Gasteiger partial charge in [0.05, 0.1) is 17.4 Å². The van der Waals surface area contributed by atoms with Crippen molar-refractivity contribution in [2.45, 2.75) is 6.92 Å². The van der Waals surface area contributed by atoms with Gasteiger partial charge >= 0.3 is 0 Å². The molecule has 0 amide bonds. The Bertz CT molecular complexity index is 433. The maximum absolute atomic E-state index is 11.8. The first kappa shape index (κ1) is 14.4. The SMILES string of the molecule is C=C(C)OCCSC(=O)c1ccc(Cl)cc1Cl. The summed E-state index contributed by atoms with van der Waals surface area (Å²) in [7, 11) is 0. The van der Waals surface area contributed by atoms with Crippen LogP contribution in [-0.2, 0) is 4.74 Å². The van der Waals surface area contributed by atoms with Crippen molar-refractivity contribution < 1.29 is 9.53 Å². The van der Waals surface area contributed by atoms with E-state index >= 15 is 0 Å². The second kappa shape index (κ2) is 6.94. The van der Waals surface area contributed by atoms with Crippen LogP contribution in [0.25, 0.3) is 0 Å². The number of benzene rings is 1. The van der Waals surface area contributed by atoms with Gasteiger partial charge in [-0.05, 0) is 25.1 Å². The molecule has 0 saturated carbocycles. The highest BCUT2D eigenvalue weighted by Crippen LogP contribution is 2.24. The predicted molar refractivity (Wildman–Crippen MR) is 74.0 cm³/mol. The van der Waals surface area contributed by atoms with Crippen LogP contribution in [0.15, 0.2) is 30.5 Å². The van der Waals surface area contributed by atoms with Crippen LogP contribution in [-0.4, -0.2) is 17.5 Å². The summed E-state index contributed by atoms with van der Waals surface area (Å²) >= 11 is 12.8. The number of ether oxygens (including phenoxy) is 1. The Kier molecular flexibility index (Phi) is 5.89. The molecule has 0 unspecified atom stereocenters. The van der Waals surface area contributed by atoms with Crippen molar-refractivity contribution in [3.8, 4) is 0 Å². The zero-order valence-corrected chi connectivity index (χ0v) is 11.7. The van der Waals surface area contributed by atoms with E-state index < -0.39 is 0 Å². The lowest BCUT2D eigenvalue weighted by atomic mass is 10.2. The van der Waals surface area contributed by atoms with Gasteiger partial charge in [-0.1, -0.05) is 41.5 Å². The number of carbonyl (C=O) groups is 1. The van der Waals surface area contributed by atoms with Crippen LogP contribution in [0.5, 0.6) is 0 Å². The van der Waals surface area contributed by atoms with Gasteiger partial charge in [0.15, 0.2) is 0 Å². The van der Waals surface area contributed by atoms with Crippen LogP contribution in [0.3, 0.4) is 0 Å². The summed E-state index contributed by atoms with van der Waals surface area (Å²) in [5, 5.41) is 0.801. The Hall–Kier alpha value is -0.640. The van der Waals surface area contributed by atoms with Gasteiger partial charge in [0.25, 0.3) is 0 Å². The van der Waals surface area contributed by atoms with Crippen molar-refractivity contribution in [2.75, 3.05) is 12.4 Å². The molecule has 0 aliphatic rings. The van der Waals surface area contributed by atoms with Crippen molar-refractivity contribution in [2.24, 2.45) is 0 Å². The molecule has 5 heteroatoms. The number of allylic oxidation sites excluding steroid dienone is 1. The lowest BCUT2D eigenvalue weighted by Crippen LogP contribution is -2.00. The fraction of sp³-hybridized carbons (Fsp3) is 0.250. The third-order valence-electron chi connectivity index (χ3n) is 1.82. The van der Waals surface area contributed by atoms with Gasteiger partial charge in [-0.3, -0.25) is 4.79 Å². The lowest BCUT2D eigenvalue weighted by molar-refractivity contribution is 0.108. The van der Waals surface area contributed by atoms with Crippen molar-refractivity contribution in [3.05, 3.63) is 46.1 Å². The minimum absolute atomic E-state index is 0.0861. The molecule has 0 bridgehead atoms. The molecule has 0 fully saturated rings. The molecule has 0 heterocycles. The fourth-order valence-electron chi connectivity index (χ4n) is 1.08. The van der Waals surface area contributed by atoms with E-state index in [1.165, 1.54) is 0 Å². The molecule has 1 aromatic rings. The maximum Gasteiger partial charge on any atom is 0.220 e. The fourth-order valence-corrected chi connectivity index (χ4v) is 2.32. The molecule has 17 heavy (non-hydrogen) atoms. The van der Waals surface area contributed by atoms with Gasteiger partial charge in [0.1, 0.15) is 0 Å². The number of hydrogen-bond acceptors (Lipinski definition) is 3. The van der Waals surface area contributed by atoms with E-state index in [0.717, 1.165) is 11.8 Å². The lowest BCUT2D eigenvalue weighted by Gasteiger charge is -2.05. The average Bonchev–Trinajstić information content (AvgIpc) is 2.23. The topological polar surface area (TPSA) is 26.3 Å². The zero-order valence-electron chi connectivity index (χ0n) is 9.33. The Morgan fingerprint density at radius 1 is 1.47 bits per heavy atom. The van der Waals surface area contributed by atoms with Gasteiger partial charge in [0, 0.05) is 16.3 Å². The number of halogens is 2. The van der Waals surface area contributed by atoms with Crippen LogP contribution >= 0.6 is 35.0 Å². The Morgan fingerprint density at radius 2 is 2.18 bits per heavy atom. The molecule has 92 valence electrons. The van der Waals surface area contributed by atoms with Crippen LogP contribution < -0.4 is 0 Å². The predicted octanol–water partition coefficient (Wildman–Crippen LogP) is 4.42. The minimum Gasteiger partial charge on any atom is -0.498 e. The van der Waals surface area contributed by atoms with E-state index in [9.17, 15) is 4.79 Å². The summed E-state index contributed by atoms with van der Waals surface area (Å²) < 4.78 is 5.16. The molecule has 1 aromatic carbocycles. The number of rotatable bonds is 5. The molecule has 0 saturated heterocycles. The summed E-state index contributed by atoms with van der Waals surface area (Å²) in [6, 6.07) is 4.83. The molecule has 2 nitrogen and oxygen atoms in total.